The minimum absolute atomic E-state index is 0.309. The standard InChI is InChI=1S/C14H28N2O3/c1-6-7-8-9-10-15-12(19)16-14(4,5)13(2,3)11(17)18/h6-10H2,1-5H3,(H,17,18)(H2,15,16,19). The number of amides is 2. The van der Waals surface area contributed by atoms with Crippen LogP contribution in [0.5, 0.6) is 0 Å². The van der Waals surface area contributed by atoms with E-state index in [1.807, 2.05) is 0 Å². The molecule has 5 nitrogen and oxygen atoms in total. The van der Waals surface area contributed by atoms with E-state index in [4.69, 9.17) is 0 Å². The van der Waals surface area contributed by atoms with E-state index in [1.165, 1.54) is 6.42 Å². The maximum atomic E-state index is 11.7. The number of urea groups is 1. The van der Waals surface area contributed by atoms with Crippen molar-refractivity contribution < 1.29 is 14.7 Å². The highest BCUT2D eigenvalue weighted by Gasteiger charge is 2.44. The van der Waals surface area contributed by atoms with Crippen molar-refractivity contribution in [2.75, 3.05) is 6.54 Å². The molecule has 5 heteroatoms. The molecule has 0 heterocycles. The van der Waals surface area contributed by atoms with Gasteiger partial charge in [0.1, 0.15) is 0 Å². The quantitative estimate of drug-likeness (QED) is 0.594. The van der Waals surface area contributed by atoms with Gasteiger partial charge in [0, 0.05) is 6.54 Å². The van der Waals surface area contributed by atoms with E-state index >= 15 is 0 Å². The van der Waals surface area contributed by atoms with Crippen molar-refractivity contribution in [1.82, 2.24) is 10.6 Å². The van der Waals surface area contributed by atoms with Crippen LogP contribution in [0.25, 0.3) is 0 Å². The number of carbonyl (C=O) groups excluding carboxylic acids is 1. The molecule has 0 spiro atoms. The van der Waals surface area contributed by atoms with Crippen molar-refractivity contribution in [3.63, 3.8) is 0 Å². The Balaban J connectivity index is 4.21. The lowest BCUT2D eigenvalue weighted by atomic mass is 9.74. The van der Waals surface area contributed by atoms with Gasteiger partial charge in [-0.15, -0.1) is 0 Å². The molecule has 0 aliphatic rings. The monoisotopic (exact) mass is 272 g/mol. The Morgan fingerprint density at radius 1 is 1.05 bits per heavy atom. The maximum absolute atomic E-state index is 11.7. The Hall–Kier alpha value is -1.26. The van der Waals surface area contributed by atoms with Crippen LogP contribution in [0.2, 0.25) is 0 Å². The lowest BCUT2D eigenvalue weighted by Gasteiger charge is -2.38. The largest absolute Gasteiger partial charge is 0.481 e. The summed E-state index contributed by atoms with van der Waals surface area (Å²) < 4.78 is 0. The van der Waals surface area contributed by atoms with Crippen molar-refractivity contribution >= 4 is 12.0 Å². The summed E-state index contributed by atoms with van der Waals surface area (Å²) in [7, 11) is 0. The molecule has 0 aromatic heterocycles. The fraction of sp³-hybridized carbons (Fsp3) is 0.857. The smallest absolute Gasteiger partial charge is 0.315 e. The van der Waals surface area contributed by atoms with E-state index in [-0.39, 0.29) is 6.03 Å². The Bertz CT molecular complexity index is 312. The zero-order valence-corrected chi connectivity index (χ0v) is 12.8. The molecule has 3 N–H and O–H groups in total. The first-order chi connectivity index (χ1) is 8.65. The second-order valence-corrected chi connectivity index (χ2v) is 6.00. The Morgan fingerprint density at radius 2 is 1.63 bits per heavy atom. The van der Waals surface area contributed by atoms with Crippen LogP contribution in [0.1, 0.15) is 60.3 Å². The molecule has 0 aromatic rings. The Labute approximate surface area is 116 Å². The average molecular weight is 272 g/mol. The van der Waals surface area contributed by atoms with Crippen LogP contribution < -0.4 is 10.6 Å². The Kier molecular flexibility index (Phi) is 6.87. The van der Waals surface area contributed by atoms with Crippen LogP contribution >= 0.6 is 0 Å². The van der Waals surface area contributed by atoms with Gasteiger partial charge in [0.2, 0.25) is 0 Å². The molecular formula is C14H28N2O3. The van der Waals surface area contributed by atoms with Gasteiger partial charge < -0.3 is 15.7 Å². The first kappa shape index (κ1) is 17.7. The fourth-order valence-electron chi connectivity index (χ4n) is 1.51. The van der Waals surface area contributed by atoms with Crippen LogP contribution in [-0.4, -0.2) is 29.2 Å². The molecular weight excluding hydrogens is 244 g/mol. The predicted octanol–water partition coefficient (Wildman–Crippen LogP) is 2.76. The van der Waals surface area contributed by atoms with Gasteiger partial charge in [0.05, 0.1) is 11.0 Å². The number of nitrogens with one attached hydrogen (secondary N) is 2. The van der Waals surface area contributed by atoms with E-state index in [0.29, 0.717) is 6.54 Å². The third-order valence-electron chi connectivity index (χ3n) is 3.84. The number of aliphatic carboxylic acids is 1. The predicted molar refractivity (Wildman–Crippen MR) is 76.2 cm³/mol. The number of rotatable bonds is 8. The number of hydrogen-bond acceptors (Lipinski definition) is 2. The second kappa shape index (κ2) is 7.36. The zero-order valence-electron chi connectivity index (χ0n) is 12.8. The molecule has 0 aliphatic heterocycles. The van der Waals surface area contributed by atoms with E-state index in [1.54, 1.807) is 27.7 Å². The summed E-state index contributed by atoms with van der Waals surface area (Å²) in [6.45, 7) is 9.41. The molecule has 19 heavy (non-hydrogen) atoms. The SMILES string of the molecule is CCCCCCNC(=O)NC(C)(C)C(C)(C)C(=O)O. The highest BCUT2D eigenvalue weighted by Crippen LogP contribution is 2.30. The summed E-state index contributed by atoms with van der Waals surface area (Å²) in [4.78, 5) is 23.0. The van der Waals surface area contributed by atoms with Crippen LogP contribution in [0.15, 0.2) is 0 Å². The first-order valence-corrected chi connectivity index (χ1v) is 6.94. The van der Waals surface area contributed by atoms with E-state index in [9.17, 15) is 14.7 Å². The van der Waals surface area contributed by atoms with Crippen LogP contribution in [0, 0.1) is 5.41 Å². The number of carboxylic acids is 1. The van der Waals surface area contributed by atoms with Crippen molar-refractivity contribution in [3.05, 3.63) is 0 Å². The molecule has 0 aliphatic carbocycles. The molecule has 0 saturated carbocycles. The third kappa shape index (κ3) is 5.49. The molecule has 0 unspecified atom stereocenters. The molecule has 112 valence electrons. The maximum Gasteiger partial charge on any atom is 0.315 e. The van der Waals surface area contributed by atoms with Crippen molar-refractivity contribution in [3.8, 4) is 0 Å². The first-order valence-electron chi connectivity index (χ1n) is 6.94. The Morgan fingerprint density at radius 3 is 2.11 bits per heavy atom. The number of hydrogen-bond donors (Lipinski definition) is 3. The third-order valence-corrected chi connectivity index (χ3v) is 3.84. The second-order valence-electron chi connectivity index (χ2n) is 6.00. The van der Waals surface area contributed by atoms with E-state index < -0.39 is 16.9 Å². The molecule has 0 rings (SSSR count). The van der Waals surface area contributed by atoms with Gasteiger partial charge in [0.25, 0.3) is 0 Å². The molecule has 0 fully saturated rings. The van der Waals surface area contributed by atoms with Crippen LogP contribution in [0.3, 0.4) is 0 Å². The molecule has 0 radical (unpaired) electrons. The van der Waals surface area contributed by atoms with Crippen molar-refractivity contribution in [2.45, 2.75) is 65.8 Å². The van der Waals surface area contributed by atoms with E-state index in [2.05, 4.69) is 17.6 Å². The van der Waals surface area contributed by atoms with Crippen molar-refractivity contribution in [1.29, 1.82) is 0 Å². The fourth-order valence-corrected chi connectivity index (χ4v) is 1.51. The van der Waals surface area contributed by atoms with Crippen LogP contribution in [0.4, 0.5) is 4.79 Å². The molecule has 2 amide bonds. The summed E-state index contributed by atoms with van der Waals surface area (Å²) in [6.07, 6.45) is 4.37. The summed E-state index contributed by atoms with van der Waals surface area (Å²) >= 11 is 0. The van der Waals surface area contributed by atoms with E-state index in [0.717, 1.165) is 19.3 Å². The van der Waals surface area contributed by atoms with Gasteiger partial charge in [-0.2, -0.15) is 0 Å². The van der Waals surface area contributed by atoms with Gasteiger partial charge >= 0.3 is 12.0 Å². The average Bonchev–Trinajstić information content (AvgIpc) is 2.27. The van der Waals surface area contributed by atoms with Crippen molar-refractivity contribution in [2.24, 2.45) is 5.41 Å². The topological polar surface area (TPSA) is 78.4 Å². The zero-order chi connectivity index (χ0) is 15.1. The van der Waals surface area contributed by atoms with Gasteiger partial charge in [-0.1, -0.05) is 26.2 Å². The number of unbranched alkanes of at least 4 members (excludes halogenated alkanes) is 3. The molecule has 0 aromatic carbocycles. The molecule has 0 bridgehead atoms. The molecule has 0 atom stereocenters. The summed E-state index contributed by atoms with van der Waals surface area (Å²) in [5.74, 6) is -0.930. The normalized spacial score (nSPS) is 12.1. The van der Waals surface area contributed by atoms with Gasteiger partial charge in [-0.05, 0) is 34.1 Å². The summed E-state index contributed by atoms with van der Waals surface area (Å²) in [5.41, 5.74) is -1.86. The summed E-state index contributed by atoms with van der Waals surface area (Å²) in [5, 5.41) is 14.7. The lowest BCUT2D eigenvalue weighted by molar-refractivity contribution is -0.150. The minimum atomic E-state index is -1.04. The van der Waals surface area contributed by atoms with Gasteiger partial charge in [0.15, 0.2) is 0 Å². The highest BCUT2D eigenvalue weighted by atomic mass is 16.4. The van der Waals surface area contributed by atoms with Gasteiger partial charge in [-0.3, -0.25) is 4.79 Å². The lowest BCUT2D eigenvalue weighted by Crippen LogP contribution is -2.59. The van der Waals surface area contributed by atoms with Gasteiger partial charge in [-0.25, -0.2) is 4.79 Å². The highest BCUT2D eigenvalue weighted by molar-refractivity contribution is 5.79. The van der Waals surface area contributed by atoms with Crippen LogP contribution in [-0.2, 0) is 4.79 Å². The number of carbonyl (C=O) groups is 2. The minimum Gasteiger partial charge on any atom is -0.481 e. The molecule has 0 saturated heterocycles. The summed E-state index contributed by atoms with van der Waals surface area (Å²) in [6, 6.07) is -0.309. The number of carboxylic acid groups (broad SMARTS) is 1.